The molecule has 4 heteroatoms. The molecule has 0 saturated heterocycles. The third kappa shape index (κ3) is 2.69. The van der Waals surface area contributed by atoms with Gasteiger partial charge in [0.25, 0.3) is 0 Å². The number of fused-ring (bicyclic) bond motifs is 1. The van der Waals surface area contributed by atoms with Crippen molar-refractivity contribution in [1.29, 1.82) is 0 Å². The Labute approximate surface area is 123 Å². The van der Waals surface area contributed by atoms with Gasteiger partial charge >= 0.3 is 0 Å². The third-order valence-electron chi connectivity index (χ3n) is 3.04. The number of nitrogens with zero attached hydrogens (tertiary/aromatic N) is 1. The molecule has 96 valence electrons. The molecule has 0 bridgehead atoms. The number of rotatable bonds is 3. The summed E-state index contributed by atoms with van der Waals surface area (Å²) >= 11 is 2.40. The molecule has 1 aromatic carbocycles. The first kappa shape index (κ1) is 13.8. The van der Waals surface area contributed by atoms with E-state index in [0.29, 0.717) is 0 Å². The molecule has 0 N–H and O–H groups in total. The van der Waals surface area contributed by atoms with Gasteiger partial charge in [-0.25, -0.2) is 0 Å². The molecule has 0 amide bonds. The van der Waals surface area contributed by atoms with Crippen molar-refractivity contribution in [2.75, 3.05) is 7.11 Å². The molecule has 0 fully saturated rings. The van der Waals surface area contributed by atoms with E-state index in [1.165, 1.54) is 16.3 Å². The number of aromatic nitrogens is 1. The zero-order valence-corrected chi connectivity index (χ0v) is 14.4. The largest absolute Gasteiger partial charge is 0.497 e. The highest BCUT2D eigenvalue weighted by Gasteiger charge is 2.21. The van der Waals surface area contributed by atoms with Crippen LogP contribution >= 0.6 is 22.6 Å². The van der Waals surface area contributed by atoms with Crippen LogP contribution in [0.2, 0.25) is 19.6 Å². The molecule has 0 spiro atoms. The smallest absolute Gasteiger partial charge is 0.121 e. The second-order valence-electron chi connectivity index (χ2n) is 5.42. The predicted molar refractivity (Wildman–Crippen MR) is 89.0 cm³/mol. The summed E-state index contributed by atoms with van der Waals surface area (Å²) in [4.78, 5) is 4.82. The van der Waals surface area contributed by atoms with E-state index in [1.54, 1.807) is 7.11 Å². The molecule has 0 aliphatic rings. The predicted octanol–water partition coefficient (Wildman–Crippen LogP) is 3.72. The highest BCUT2D eigenvalue weighted by Crippen LogP contribution is 2.21. The Kier molecular flexibility index (Phi) is 3.96. The molecular formula is C14H18INOSi. The first-order valence-corrected chi connectivity index (χ1v) is 11.0. The fourth-order valence-electron chi connectivity index (χ4n) is 2.07. The van der Waals surface area contributed by atoms with E-state index < -0.39 is 8.07 Å². The number of hydrogen-bond donors (Lipinski definition) is 0. The number of halogens is 1. The molecule has 1 aromatic heterocycles. The van der Waals surface area contributed by atoms with Gasteiger partial charge in [0.15, 0.2) is 0 Å². The number of hydrogen-bond acceptors (Lipinski definition) is 2. The molecular weight excluding hydrogens is 353 g/mol. The summed E-state index contributed by atoms with van der Waals surface area (Å²) < 4.78 is 6.22. The van der Waals surface area contributed by atoms with Gasteiger partial charge in [-0.15, -0.1) is 0 Å². The zero-order valence-electron chi connectivity index (χ0n) is 11.2. The van der Waals surface area contributed by atoms with Gasteiger partial charge in [-0.3, -0.25) is 4.98 Å². The van der Waals surface area contributed by atoms with Crippen molar-refractivity contribution in [3.05, 3.63) is 30.0 Å². The Morgan fingerprint density at radius 2 is 1.94 bits per heavy atom. The van der Waals surface area contributed by atoms with Crippen molar-refractivity contribution in [1.82, 2.24) is 4.98 Å². The van der Waals surface area contributed by atoms with Crippen LogP contribution in [0.1, 0.15) is 5.69 Å². The van der Waals surface area contributed by atoms with Crippen molar-refractivity contribution >= 4 is 46.8 Å². The van der Waals surface area contributed by atoms with Gasteiger partial charge in [0.05, 0.1) is 26.4 Å². The molecule has 0 aliphatic heterocycles. The van der Waals surface area contributed by atoms with Crippen LogP contribution < -0.4 is 9.92 Å². The van der Waals surface area contributed by atoms with E-state index in [4.69, 9.17) is 9.72 Å². The quantitative estimate of drug-likeness (QED) is 0.466. The molecule has 2 rings (SSSR count). The fourth-order valence-corrected chi connectivity index (χ4v) is 4.60. The monoisotopic (exact) mass is 371 g/mol. The number of benzene rings is 1. The van der Waals surface area contributed by atoms with Crippen molar-refractivity contribution < 1.29 is 4.74 Å². The van der Waals surface area contributed by atoms with Gasteiger partial charge in [0.2, 0.25) is 0 Å². The lowest BCUT2D eigenvalue weighted by atomic mass is 10.2. The molecule has 0 atom stereocenters. The van der Waals surface area contributed by atoms with Gasteiger partial charge in [0, 0.05) is 15.9 Å². The van der Waals surface area contributed by atoms with Gasteiger partial charge in [-0.05, 0) is 17.3 Å². The average Bonchev–Trinajstić information content (AvgIpc) is 2.35. The normalized spacial score (nSPS) is 11.8. The molecule has 2 aromatic rings. The maximum Gasteiger partial charge on any atom is 0.121 e. The van der Waals surface area contributed by atoms with Crippen LogP contribution in [0.3, 0.4) is 0 Å². The van der Waals surface area contributed by atoms with Crippen molar-refractivity contribution in [2.24, 2.45) is 0 Å². The van der Waals surface area contributed by atoms with Gasteiger partial charge in [-0.2, -0.15) is 0 Å². The minimum Gasteiger partial charge on any atom is -0.497 e. The maximum absolute atomic E-state index is 5.26. The van der Waals surface area contributed by atoms with Gasteiger partial charge < -0.3 is 4.74 Å². The second-order valence-corrected chi connectivity index (χ2v) is 11.2. The van der Waals surface area contributed by atoms with Crippen LogP contribution in [0.4, 0.5) is 0 Å². The zero-order chi connectivity index (χ0) is 13.3. The molecule has 0 aliphatic carbocycles. The summed E-state index contributed by atoms with van der Waals surface area (Å²) in [5.41, 5.74) is 2.26. The minimum absolute atomic E-state index is 0.871. The Balaban J connectivity index is 2.68. The van der Waals surface area contributed by atoms with Crippen LogP contribution in [0.25, 0.3) is 10.9 Å². The number of alkyl halides is 1. The summed E-state index contributed by atoms with van der Waals surface area (Å²) in [5.74, 6) is 0.871. The number of ether oxygens (including phenoxy) is 1. The summed E-state index contributed by atoms with van der Waals surface area (Å²) in [7, 11) is 0.355. The number of pyridine rings is 1. The summed E-state index contributed by atoms with van der Waals surface area (Å²) in [6, 6.07) is 8.44. The van der Waals surface area contributed by atoms with E-state index in [-0.39, 0.29) is 0 Å². The summed E-state index contributed by atoms with van der Waals surface area (Å²) in [5, 5.41) is 2.68. The molecule has 0 radical (unpaired) electrons. The highest BCUT2D eigenvalue weighted by molar-refractivity contribution is 14.1. The van der Waals surface area contributed by atoms with Crippen molar-refractivity contribution in [3.63, 3.8) is 0 Å². The van der Waals surface area contributed by atoms with Crippen LogP contribution in [0, 0.1) is 0 Å². The van der Waals surface area contributed by atoms with Crippen LogP contribution in [0.5, 0.6) is 5.75 Å². The van der Waals surface area contributed by atoms with Crippen LogP contribution in [-0.4, -0.2) is 20.2 Å². The Morgan fingerprint density at radius 3 is 2.50 bits per heavy atom. The molecule has 2 nitrogen and oxygen atoms in total. The Bertz CT molecular complexity index is 578. The second kappa shape index (κ2) is 5.17. The lowest BCUT2D eigenvalue weighted by molar-refractivity contribution is 0.415. The molecule has 18 heavy (non-hydrogen) atoms. The first-order chi connectivity index (χ1) is 8.45. The van der Waals surface area contributed by atoms with E-state index >= 15 is 0 Å². The Hall–Kier alpha value is -0.623. The summed E-state index contributed by atoms with van der Waals surface area (Å²) in [6.07, 6.45) is 0. The Morgan fingerprint density at radius 1 is 1.22 bits per heavy atom. The van der Waals surface area contributed by atoms with Gasteiger partial charge in [-0.1, -0.05) is 48.3 Å². The fraction of sp³-hybridized carbons (Fsp3) is 0.357. The topological polar surface area (TPSA) is 22.1 Å². The lowest BCUT2D eigenvalue weighted by Crippen LogP contribution is -2.40. The number of methoxy groups -OCH3 is 1. The van der Waals surface area contributed by atoms with Crippen molar-refractivity contribution in [3.8, 4) is 5.75 Å². The van der Waals surface area contributed by atoms with E-state index in [1.807, 2.05) is 12.1 Å². The third-order valence-corrected chi connectivity index (χ3v) is 5.81. The SMILES string of the molecule is COc1ccc2cc([Si](C)(C)C)c(CI)nc2c1. The van der Waals surface area contributed by atoms with E-state index in [2.05, 4.69) is 54.4 Å². The molecule has 1 heterocycles. The first-order valence-electron chi connectivity index (χ1n) is 6.00. The highest BCUT2D eigenvalue weighted by atomic mass is 127. The van der Waals surface area contributed by atoms with Crippen LogP contribution in [-0.2, 0) is 4.43 Å². The molecule has 0 saturated carbocycles. The van der Waals surface area contributed by atoms with E-state index in [9.17, 15) is 0 Å². The summed E-state index contributed by atoms with van der Waals surface area (Å²) in [6.45, 7) is 7.11. The van der Waals surface area contributed by atoms with E-state index in [0.717, 1.165) is 15.7 Å². The van der Waals surface area contributed by atoms with Crippen LogP contribution in [0.15, 0.2) is 24.3 Å². The lowest BCUT2D eigenvalue weighted by Gasteiger charge is -2.20. The van der Waals surface area contributed by atoms with Crippen molar-refractivity contribution in [2.45, 2.75) is 24.1 Å². The minimum atomic E-state index is -1.34. The standard InChI is InChI=1S/C14H18INOSi/c1-17-11-6-5-10-7-14(18(2,3)4)13(9-15)16-12(10)8-11/h5-8H,9H2,1-4H3. The van der Waals surface area contributed by atoms with Gasteiger partial charge in [0.1, 0.15) is 5.75 Å². The molecule has 0 unspecified atom stereocenters. The average molecular weight is 371 g/mol. The maximum atomic E-state index is 5.26.